The van der Waals surface area contributed by atoms with Crippen LogP contribution in [0.3, 0.4) is 0 Å². The molecule has 0 radical (unpaired) electrons. The molecule has 15 heavy (non-hydrogen) atoms. The normalized spacial score (nSPS) is 26.7. The van der Waals surface area contributed by atoms with Gasteiger partial charge in [-0.1, -0.05) is 0 Å². The van der Waals surface area contributed by atoms with E-state index in [9.17, 15) is 18.8 Å². The number of halogens is 2. The van der Waals surface area contributed by atoms with Crippen LogP contribution in [-0.4, -0.2) is 28.5 Å². The molecule has 0 saturated heterocycles. The lowest BCUT2D eigenvalue weighted by molar-refractivity contribution is -0.630. The molecular weight excluding hydrogens is 234 g/mol. The van der Waals surface area contributed by atoms with Crippen molar-refractivity contribution in [1.82, 2.24) is 0 Å². The van der Waals surface area contributed by atoms with Gasteiger partial charge in [-0.15, -0.1) is 0 Å². The summed E-state index contributed by atoms with van der Waals surface area (Å²) in [5, 5.41) is 14.5. The average molecular weight is 243 g/mol. The summed E-state index contributed by atoms with van der Waals surface area (Å²) < 4.78 is 32.6. The Hall–Kier alpha value is -0.440. The molecule has 1 saturated carbocycles. The van der Waals surface area contributed by atoms with Crippen molar-refractivity contribution in [3.63, 3.8) is 0 Å². The lowest BCUT2D eigenvalue weighted by Gasteiger charge is -2.18. The van der Waals surface area contributed by atoms with Gasteiger partial charge in [0.25, 0.3) is 0 Å². The summed E-state index contributed by atoms with van der Waals surface area (Å²) >= 11 is -0.800. The van der Waals surface area contributed by atoms with Crippen LogP contribution >= 0.6 is 12.0 Å². The first kappa shape index (κ1) is 12.6. The van der Waals surface area contributed by atoms with Gasteiger partial charge in [-0.3, -0.25) is 0 Å². The molecule has 1 aliphatic rings. The van der Waals surface area contributed by atoms with Crippen molar-refractivity contribution in [2.75, 3.05) is 0 Å². The maximum absolute atomic E-state index is 12.7. The van der Waals surface area contributed by atoms with Crippen LogP contribution in [0.5, 0.6) is 0 Å². The van der Waals surface area contributed by atoms with Crippen molar-refractivity contribution in [1.29, 1.82) is 0 Å². The molecule has 0 aromatic heterocycles. The topological polar surface area (TPSA) is 78.8 Å². The Bertz CT molecular complexity index is 237. The van der Waals surface area contributed by atoms with Gasteiger partial charge in [0, 0.05) is 6.42 Å². The third kappa shape index (κ3) is 3.56. The number of esters is 1. The highest BCUT2D eigenvalue weighted by molar-refractivity contribution is 7.96. The molecular formula is C7H9F2O5S-. The number of hydrogen-bond acceptors (Lipinski definition) is 6. The zero-order valence-electron chi connectivity index (χ0n) is 7.52. The van der Waals surface area contributed by atoms with Gasteiger partial charge in [-0.25, -0.2) is 4.79 Å². The molecule has 0 bridgehead atoms. The predicted octanol–water partition coefficient (Wildman–Crippen LogP) is -0.0241. The maximum atomic E-state index is 12.7. The molecule has 1 fully saturated rings. The van der Waals surface area contributed by atoms with E-state index in [2.05, 4.69) is 9.07 Å². The molecule has 2 atom stereocenters. The smallest absolute Gasteiger partial charge is 0.412 e. The van der Waals surface area contributed by atoms with E-state index >= 15 is 0 Å². The van der Waals surface area contributed by atoms with Crippen LogP contribution < -0.4 is 5.26 Å². The number of hydrogen-bond donors (Lipinski definition) is 1. The van der Waals surface area contributed by atoms with E-state index in [-0.39, 0.29) is 6.42 Å². The first-order valence-corrected chi connectivity index (χ1v) is 4.94. The standard InChI is InChI=1S/C7H10F2O5S/c8-7(9,15-14-12)6(11)13-5-2-1-4(10)3-5/h4-5,10,12H,1-3H2/p-1. The van der Waals surface area contributed by atoms with Crippen LogP contribution in [0.2, 0.25) is 0 Å². The number of carbonyl (C=O) groups excluding carboxylic acids is 1. The minimum atomic E-state index is -4.00. The SMILES string of the molecule is O=C(OC1CCC(O)C1)C(F)(F)SO[O-]. The molecule has 8 heteroatoms. The summed E-state index contributed by atoms with van der Waals surface area (Å²) in [7, 11) is 0. The second-order valence-electron chi connectivity index (χ2n) is 3.16. The van der Waals surface area contributed by atoms with E-state index in [0.29, 0.717) is 12.8 Å². The monoisotopic (exact) mass is 243 g/mol. The second kappa shape index (κ2) is 5.06. The van der Waals surface area contributed by atoms with Crippen LogP contribution in [-0.2, 0) is 13.9 Å². The molecule has 0 heterocycles. The third-order valence-corrected chi connectivity index (χ3v) is 2.45. The first-order chi connectivity index (χ1) is 6.95. The van der Waals surface area contributed by atoms with Crippen molar-refractivity contribution in [3.8, 4) is 0 Å². The number of carbonyl (C=O) groups is 1. The Morgan fingerprint density at radius 2 is 2.20 bits per heavy atom. The molecule has 1 aliphatic carbocycles. The Balaban J connectivity index is 2.41. The molecule has 5 nitrogen and oxygen atoms in total. The van der Waals surface area contributed by atoms with Gasteiger partial charge >= 0.3 is 11.2 Å². The van der Waals surface area contributed by atoms with Crippen molar-refractivity contribution in [2.24, 2.45) is 0 Å². The fourth-order valence-electron chi connectivity index (χ4n) is 1.32. The maximum Gasteiger partial charge on any atom is 0.412 e. The minimum Gasteiger partial charge on any atom is -0.710 e. The summed E-state index contributed by atoms with van der Waals surface area (Å²) in [5.41, 5.74) is 0. The molecule has 0 spiro atoms. The zero-order chi connectivity index (χ0) is 11.5. The van der Waals surface area contributed by atoms with Gasteiger partial charge in [0.2, 0.25) is 0 Å². The largest absolute Gasteiger partial charge is 0.710 e. The lowest BCUT2D eigenvalue weighted by Crippen LogP contribution is -2.31. The molecule has 0 aromatic carbocycles. The Morgan fingerprint density at radius 1 is 1.53 bits per heavy atom. The van der Waals surface area contributed by atoms with E-state index in [4.69, 9.17) is 5.11 Å². The summed E-state index contributed by atoms with van der Waals surface area (Å²) in [6.45, 7) is 0. The highest BCUT2D eigenvalue weighted by Crippen LogP contribution is 2.32. The molecule has 0 aromatic rings. The summed E-state index contributed by atoms with van der Waals surface area (Å²) in [5.74, 6) is -1.82. The zero-order valence-corrected chi connectivity index (χ0v) is 8.34. The van der Waals surface area contributed by atoms with Crippen molar-refractivity contribution < 1.29 is 33.0 Å². The average Bonchev–Trinajstić information content (AvgIpc) is 2.51. The Morgan fingerprint density at radius 3 is 2.67 bits per heavy atom. The second-order valence-corrected chi connectivity index (χ2v) is 3.98. The quantitative estimate of drug-likeness (QED) is 0.323. The van der Waals surface area contributed by atoms with Crippen LogP contribution in [0.15, 0.2) is 0 Å². The highest BCUT2D eigenvalue weighted by atomic mass is 32.2. The van der Waals surface area contributed by atoms with Crippen LogP contribution in [0.25, 0.3) is 0 Å². The summed E-state index contributed by atoms with van der Waals surface area (Å²) in [6, 6.07) is 0. The Labute approximate surface area is 88.5 Å². The van der Waals surface area contributed by atoms with E-state index in [0.717, 1.165) is 0 Å². The molecule has 0 amide bonds. The van der Waals surface area contributed by atoms with Gasteiger partial charge in [0.05, 0.1) is 18.1 Å². The van der Waals surface area contributed by atoms with Crippen LogP contribution in [0, 0.1) is 0 Å². The van der Waals surface area contributed by atoms with E-state index in [1.165, 1.54) is 0 Å². The lowest BCUT2D eigenvalue weighted by atomic mass is 10.3. The molecule has 1 N–H and O–H groups in total. The summed E-state index contributed by atoms with van der Waals surface area (Å²) in [6.07, 6.45) is -0.448. The fraction of sp³-hybridized carbons (Fsp3) is 0.857. The summed E-state index contributed by atoms with van der Waals surface area (Å²) in [4.78, 5) is 10.8. The number of aliphatic hydroxyl groups is 1. The van der Waals surface area contributed by atoms with Gasteiger partial charge < -0.3 is 19.4 Å². The number of ether oxygens (including phenoxy) is 1. The number of rotatable bonds is 4. The predicted molar refractivity (Wildman–Crippen MR) is 43.4 cm³/mol. The van der Waals surface area contributed by atoms with E-state index in [1.54, 1.807) is 0 Å². The number of alkyl halides is 2. The van der Waals surface area contributed by atoms with Gasteiger partial charge in [0.15, 0.2) is 0 Å². The molecule has 1 rings (SSSR count). The highest BCUT2D eigenvalue weighted by Gasteiger charge is 2.44. The molecule has 2 unspecified atom stereocenters. The van der Waals surface area contributed by atoms with Crippen molar-refractivity contribution in [2.45, 2.75) is 36.7 Å². The minimum absolute atomic E-state index is 0.144. The van der Waals surface area contributed by atoms with Crippen molar-refractivity contribution >= 4 is 18.0 Å². The van der Waals surface area contributed by atoms with E-state index in [1.807, 2.05) is 0 Å². The van der Waals surface area contributed by atoms with Crippen LogP contribution in [0.1, 0.15) is 19.3 Å². The van der Waals surface area contributed by atoms with Gasteiger partial charge in [-0.2, -0.15) is 8.78 Å². The van der Waals surface area contributed by atoms with Gasteiger partial charge in [0.1, 0.15) is 6.10 Å². The molecule has 88 valence electrons. The fourth-order valence-corrected chi connectivity index (χ4v) is 1.52. The van der Waals surface area contributed by atoms with E-state index < -0.39 is 35.5 Å². The Kier molecular flexibility index (Phi) is 4.26. The van der Waals surface area contributed by atoms with Crippen LogP contribution in [0.4, 0.5) is 8.78 Å². The molecule has 0 aliphatic heterocycles. The van der Waals surface area contributed by atoms with Crippen molar-refractivity contribution in [3.05, 3.63) is 0 Å². The number of aliphatic hydroxyl groups excluding tert-OH is 1. The third-order valence-electron chi connectivity index (χ3n) is 2.01. The van der Waals surface area contributed by atoms with Gasteiger partial charge in [-0.05, 0) is 12.8 Å². The first-order valence-electron chi connectivity index (χ1n) is 4.20.